The van der Waals surface area contributed by atoms with Gasteiger partial charge in [-0.3, -0.25) is 19.8 Å². The zero-order valence-corrected chi connectivity index (χ0v) is 10.6. The Kier molecular flexibility index (Phi) is 5.04. The fraction of sp³-hybridized carbons (Fsp3) is 0.818. The van der Waals surface area contributed by atoms with Crippen LogP contribution in [0, 0.1) is 0 Å². The van der Waals surface area contributed by atoms with E-state index in [2.05, 4.69) is 5.32 Å². The zero-order valence-electron chi connectivity index (χ0n) is 10.6. The molecule has 0 aromatic carbocycles. The van der Waals surface area contributed by atoms with Crippen molar-refractivity contribution in [2.45, 2.75) is 19.4 Å². The number of carbonyl (C=O) groups excluding carboxylic acids is 2. The predicted molar refractivity (Wildman–Crippen MR) is 61.5 cm³/mol. The first kappa shape index (κ1) is 14.1. The van der Waals surface area contributed by atoms with E-state index in [0.29, 0.717) is 26.4 Å². The van der Waals surface area contributed by atoms with Crippen LogP contribution in [-0.4, -0.2) is 62.3 Å². The van der Waals surface area contributed by atoms with Crippen LogP contribution in [-0.2, 0) is 19.1 Å². The van der Waals surface area contributed by atoms with Gasteiger partial charge >= 0.3 is 0 Å². The van der Waals surface area contributed by atoms with Crippen molar-refractivity contribution in [2.24, 2.45) is 0 Å². The minimum atomic E-state index is -0.680. The van der Waals surface area contributed by atoms with Crippen LogP contribution in [0.15, 0.2) is 0 Å². The van der Waals surface area contributed by atoms with Gasteiger partial charge in [-0.15, -0.1) is 0 Å². The summed E-state index contributed by atoms with van der Waals surface area (Å²) in [4.78, 5) is 24.8. The number of imide groups is 1. The maximum absolute atomic E-state index is 11.9. The molecular weight excluding hydrogens is 224 g/mol. The van der Waals surface area contributed by atoms with Crippen LogP contribution in [0.4, 0.5) is 0 Å². The number of nitrogens with zero attached hydrogens (tertiary/aromatic N) is 1. The third kappa shape index (κ3) is 3.76. The molecule has 0 bridgehead atoms. The van der Waals surface area contributed by atoms with E-state index < -0.39 is 5.54 Å². The smallest absolute Gasteiger partial charge is 0.249 e. The number of carbonyl (C=O) groups is 2. The van der Waals surface area contributed by atoms with Gasteiger partial charge < -0.3 is 9.47 Å². The maximum Gasteiger partial charge on any atom is 0.249 e. The molecule has 98 valence electrons. The predicted octanol–water partition coefficient (Wildman–Crippen LogP) is -0.614. The van der Waals surface area contributed by atoms with Gasteiger partial charge in [0.1, 0.15) is 0 Å². The van der Waals surface area contributed by atoms with Crippen LogP contribution in [0.2, 0.25) is 0 Å². The highest BCUT2D eigenvalue weighted by Crippen LogP contribution is 2.12. The molecule has 0 unspecified atom stereocenters. The summed E-state index contributed by atoms with van der Waals surface area (Å²) in [6, 6.07) is 0. The van der Waals surface area contributed by atoms with Crippen LogP contribution < -0.4 is 5.32 Å². The van der Waals surface area contributed by atoms with E-state index in [4.69, 9.17) is 9.47 Å². The molecule has 1 heterocycles. The number of hydrogen-bond acceptors (Lipinski definition) is 5. The van der Waals surface area contributed by atoms with Gasteiger partial charge in [0, 0.05) is 7.11 Å². The first-order valence-electron chi connectivity index (χ1n) is 5.65. The van der Waals surface area contributed by atoms with E-state index in [1.54, 1.807) is 21.0 Å². The zero-order chi connectivity index (χ0) is 12.9. The summed E-state index contributed by atoms with van der Waals surface area (Å²) in [5, 5.41) is 2.90. The third-order valence-electron chi connectivity index (χ3n) is 2.65. The first-order valence-corrected chi connectivity index (χ1v) is 5.65. The number of nitrogens with one attached hydrogen (secondary N) is 1. The SMILES string of the molecule is COCCOCCN1C(=O)CNC(C)(C)C1=O. The van der Waals surface area contributed by atoms with Crippen molar-refractivity contribution in [3.05, 3.63) is 0 Å². The lowest BCUT2D eigenvalue weighted by atomic mass is 10.0. The first-order chi connectivity index (χ1) is 7.99. The summed E-state index contributed by atoms with van der Waals surface area (Å²) in [5.74, 6) is -0.409. The number of piperazine rings is 1. The molecule has 0 aromatic rings. The number of hydrogen-bond donors (Lipinski definition) is 1. The molecule has 0 aromatic heterocycles. The Morgan fingerprint density at radius 2 is 2.00 bits per heavy atom. The topological polar surface area (TPSA) is 67.9 Å². The van der Waals surface area contributed by atoms with Crippen LogP contribution in [0.1, 0.15) is 13.8 Å². The van der Waals surface area contributed by atoms with Gasteiger partial charge in [0.05, 0.1) is 38.4 Å². The van der Waals surface area contributed by atoms with Gasteiger partial charge in [0.25, 0.3) is 0 Å². The lowest BCUT2D eigenvalue weighted by molar-refractivity contribution is -0.153. The summed E-state index contributed by atoms with van der Waals surface area (Å²) in [7, 11) is 1.59. The molecule has 0 aliphatic carbocycles. The number of amides is 2. The second-order valence-electron chi connectivity index (χ2n) is 4.43. The molecule has 1 rings (SSSR count). The minimum Gasteiger partial charge on any atom is -0.382 e. The molecule has 1 fully saturated rings. The monoisotopic (exact) mass is 244 g/mol. The standard InChI is InChI=1S/C11H20N2O4/c1-11(2)10(15)13(9(14)8-12-11)4-5-17-7-6-16-3/h12H,4-8H2,1-3H3. The molecule has 17 heavy (non-hydrogen) atoms. The molecule has 1 saturated heterocycles. The van der Waals surface area contributed by atoms with E-state index in [9.17, 15) is 9.59 Å². The van der Waals surface area contributed by atoms with Crippen molar-refractivity contribution in [2.75, 3.05) is 40.0 Å². The second-order valence-corrected chi connectivity index (χ2v) is 4.43. The minimum absolute atomic E-state index is 0.191. The Labute approximate surface area is 101 Å². The summed E-state index contributed by atoms with van der Waals surface area (Å²) < 4.78 is 10.1. The summed E-state index contributed by atoms with van der Waals surface area (Å²) in [5.41, 5.74) is -0.680. The molecule has 0 atom stereocenters. The van der Waals surface area contributed by atoms with Crippen molar-refractivity contribution in [3.63, 3.8) is 0 Å². The number of methoxy groups -OCH3 is 1. The van der Waals surface area contributed by atoms with Gasteiger partial charge in [-0.25, -0.2) is 0 Å². The highest BCUT2D eigenvalue weighted by Gasteiger charge is 2.39. The molecule has 1 N–H and O–H groups in total. The van der Waals surface area contributed by atoms with Gasteiger partial charge in [0.2, 0.25) is 11.8 Å². The molecule has 1 aliphatic rings. The van der Waals surface area contributed by atoms with Gasteiger partial charge in [-0.05, 0) is 13.8 Å². The number of ether oxygens (including phenoxy) is 2. The van der Waals surface area contributed by atoms with Crippen molar-refractivity contribution in [1.29, 1.82) is 0 Å². The summed E-state index contributed by atoms with van der Waals surface area (Å²) in [6.45, 7) is 5.34. The molecule has 6 nitrogen and oxygen atoms in total. The summed E-state index contributed by atoms with van der Waals surface area (Å²) in [6.07, 6.45) is 0. The Morgan fingerprint density at radius 3 is 2.65 bits per heavy atom. The van der Waals surface area contributed by atoms with Gasteiger partial charge in [-0.1, -0.05) is 0 Å². The second kappa shape index (κ2) is 6.09. The van der Waals surface area contributed by atoms with Crippen LogP contribution in [0.5, 0.6) is 0 Å². The normalized spacial score (nSPS) is 19.8. The summed E-state index contributed by atoms with van der Waals surface area (Å²) >= 11 is 0. The third-order valence-corrected chi connectivity index (χ3v) is 2.65. The molecular formula is C11H20N2O4. The number of rotatable bonds is 6. The Hall–Kier alpha value is -0.980. The fourth-order valence-corrected chi connectivity index (χ4v) is 1.54. The Bertz CT molecular complexity index is 291. The molecule has 2 amide bonds. The quantitative estimate of drug-likeness (QED) is 0.498. The molecule has 6 heteroatoms. The average Bonchev–Trinajstić information content (AvgIpc) is 2.28. The van der Waals surface area contributed by atoms with Crippen LogP contribution in [0.3, 0.4) is 0 Å². The van der Waals surface area contributed by atoms with Crippen LogP contribution >= 0.6 is 0 Å². The molecule has 0 spiro atoms. The molecule has 0 saturated carbocycles. The van der Waals surface area contributed by atoms with Crippen molar-refractivity contribution in [3.8, 4) is 0 Å². The fourth-order valence-electron chi connectivity index (χ4n) is 1.54. The van der Waals surface area contributed by atoms with Crippen molar-refractivity contribution >= 4 is 11.8 Å². The van der Waals surface area contributed by atoms with E-state index in [1.807, 2.05) is 0 Å². The van der Waals surface area contributed by atoms with E-state index in [1.165, 1.54) is 4.90 Å². The van der Waals surface area contributed by atoms with Crippen molar-refractivity contribution in [1.82, 2.24) is 10.2 Å². The van der Waals surface area contributed by atoms with Crippen molar-refractivity contribution < 1.29 is 19.1 Å². The Morgan fingerprint density at radius 1 is 1.29 bits per heavy atom. The highest BCUT2D eigenvalue weighted by molar-refractivity contribution is 6.03. The van der Waals surface area contributed by atoms with E-state index in [-0.39, 0.29) is 18.4 Å². The van der Waals surface area contributed by atoms with Gasteiger partial charge in [0.15, 0.2) is 0 Å². The van der Waals surface area contributed by atoms with Gasteiger partial charge in [-0.2, -0.15) is 0 Å². The van der Waals surface area contributed by atoms with E-state index >= 15 is 0 Å². The lowest BCUT2D eigenvalue weighted by Crippen LogP contribution is -2.64. The highest BCUT2D eigenvalue weighted by atomic mass is 16.5. The largest absolute Gasteiger partial charge is 0.382 e. The maximum atomic E-state index is 11.9. The Balaban J connectivity index is 2.39. The lowest BCUT2D eigenvalue weighted by Gasteiger charge is -2.36. The average molecular weight is 244 g/mol. The molecule has 0 radical (unpaired) electrons. The van der Waals surface area contributed by atoms with Crippen LogP contribution in [0.25, 0.3) is 0 Å². The van der Waals surface area contributed by atoms with E-state index in [0.717, 1.165) is 0 Å². The molecule has 1 aliphatic heterocycles.